The summed E-state index contributed by atoms with van der Waals surface area (Å²) < 4.78 is 20.6. The number of benzene rings is 1. The predicted molar refractivity (Wildman–Crippen MR) is 111 cm³/mol. The summed E-state index contributed by atoms with van der Waals surface area (Å²) in [6.07, 6.45) is 2.11. The second-order valence-electron chi connectivity index (χ2n) is 8.35. The first-order valence-electron chi connectivity index (χ1n) is 11.0. The van der Waals surface area contributed by atoms with Gasteiger partial charge in [-0.1, -0.05) is 0 Å². The van der Waals surface area contributed by atoms with E-state index in [1.165, 1.54) is 7.11 Å². The zero-order valence-electron chi connectivity index (χ0n) is 18.1. The fraction of sp³-hybridized carbons (Fsp3) is 0.609. The number of rotatable bonds is 6. The lowest BCUT2D eigenvalue weighted by Crippen LogP contribution is -2.30. The van der Waals surface area contributed by atoms with E-state index in [1.54, 1.807) is 24.3 Å². The van der Waals surface area contributed by atoms with Crippen LogP contribution in [0.2, 0.25) is 0 Å². The molecule has 0 saturated heterocycles. The van der Waals surface area contributed by atoms with Crippen LogP contribution in [0.4, 0.5) is 4.79 Å². The summed E-state index contributed by atoms with van der Waals surface area (Å²) in [4.78, 5) is 35.9. The molecule has 1 aromatic rings. The highest BCUT2D eigenvalue weighted by molar-refractivity contribution is 5.89. The zero-order chi connectivity index (χ0) is 23.1. The molecule has 176 valence electrons. The van der Waals surface area contributed by atoms with Crippen molar-refractivity contribution < 1.29 is 43.5 Å². The van der Waals surface area contributed by atoms with Crippen molar-refractivity contribution in [2.45, 2.75) is 69.9 Å². The number of methoxy groups -OCH3 is 1. The van der Waals surface area contributed by atoms with Gasteiger partial charge in [-0.3, -0.25) is 4.79 Å². The van der Waals surface area contributed by atoms with Crippen LogP contribution in [0.5, 0.6) is 5.75 Å². The van der Waals surface area contributed by atoms with E-state index in [2.05, 4.69) is 4.74 Å². The second kappa shape index (κ2) is 11.3. The Labute approximate surface area is 186 Å². The van der Waals surface area contributed by atoms with Crippen LogP contribution >= 0.6 is 0 Å². The van der Waals surface area contributed by atoms with Gasteiger partial charge < -0.3 is 29.2 Å². The number of esters is 2. The summed E-state index contributed by atoms with van der Waals surface area (Å²) in [7, 11) is 1.26. The molecule has 9 nitrogen and oxygen atoms in total. The lowest BCUT2D eigenvalue weighted by molar-refractivity contribution is -0.143. The minimum absolute atomic E-state index is 0.195. The van der Waals surface area contributed by atoms with E-state index in [9.17, 15) is 24.6 Å². The highest BCUT2D eigenvalue weighted by atomic mass is 16.7. The lowest BCUT2D eigenvalue weighted by atomic mass is 9.82. The quantitative estimate of drug-likeness (QED) is 0.382. The SMILES string of the molecule is COC(=O)OC1CCC(OC(=O)c2ccc(OC(=O)C3CCC(C(O)O)CC3)cc2)CC1. The van der Waals surface area contributed by atoms with Gasteiger partial charge in [-0.2, -0.15) is 0 Å². The number of carbonyl (C=O) groups is 3. The van der Waals surface area contributed by atoms with E-state index in [1.807, 2.05) is 0 Å². The summed E-state index contributed by atoms with van der Waals surface area (Å²) in [5, 5.41) is 18.5. The number of aliphatic hydroxyl groups is 2. The van der Waals surface area contributed by atoms with E-state index in [0.717, 1.165) is 0 Å². The van der Waals surface area contributed by atoms with Crippen molar-refractivity contribution in [3.05, 3.63) is 29.8 Å². The van der Waals surface area contributed by atoms with Crippen molar-refractivity contribution in [1.82, 2.24) is 0 Å². The van der Waals surface area contributed by atoms with Gasteiger partial charge in [0.05, 0.1) is 18.6 Å². The largest absolute Gasteiger partial charge is 0.508 e. The Morgan fingerprint density at radius 3 is 1.94 bits per heavy atom. The highest BCUT2D eigenvalue weighted by Gasteiger charge is 2.30. The molecule has 0 atom stereocenters. The maximum atomic E-state index is 12.4. The van der Waals surface area contributed by atoms with Crippen LogP contribution < -0.4 is 4.74 Å². The van der Waals surface area contributed by atoms with E-state index < -0.39 is 18.4 Å². The molecule has 2 aliphatic rings. The molecule has 0 amide bonds. The molecule has 32 heavy (non-hydrogen) atoms. The minimum Gasteiger partial charge on any atom is -0.459 e. The third kappa shape index (κ3) is 6.67. The molecule has 0 heterocycles. The van der Waals surface area contributed by atoms with Crippen molar-refractivity contribution in [3.63, 3.8) is 0 Å². The summed E-state index contributed by atoms with van der Waals surface area (Å²) >= 11 is 0. The van der Waals surface area contributed by atoms with Gasteiger partial charge in [-0.15, -0.1) is 0 Å². The fourth-order valence-electron chi connectivity index (χ4n) is 4.18. The van der Waals surface area contributed by atoms with Gasteiger partial charge in [0.25, 0.3) is 0 Å². The minimum atomic E-state index is -1.34. The predicted octanol–water partition coefficient (Wildman–Crippen LogP) is 2.96. The summed E-state index contributed by atoms with van der Waals surface area (Å²) in [6, 6.07) is 6.21. The molecule has 1 aromatic carbocycles. The Morgan fingerprint density at radius 2 is 1.41 bits per heavy atom. The molecular weight excluding hydrogens is 420 g/mol. The lowest BCUT2D eigenvalue weighted by Gasteiger charge is -2.28. The van der Waals surface area contributed by atoms with Gasteiger partial charge in [-0.25, -0.2) is 9.59 Å². The van der Waals surface area contributed by atoms with Crippen molar-refractivity contribution >= 4 is 18.1 Å². The molecule has 2 N–H and O–H groups in total. The Morgan fingerprint density at radius 1 is 0.844 bits per heavy atom. The molecule has 9 heteroatoms. The first kappa shape index (κ1) is 24.0. The van der Waals surface area contributed by atoms with Crippen LogP contribution in [-0.4, -0.2) is 53.9 Å². The van der Waals surface area contributed by atoms with Crippen LogP contribution in [-0.2, 0) is 19.0 Å². The van der Waals surface area contributed by atoms with Crippen LogP contribution in [0.25, 0.3) is 0 Å². The maximum absolute atomic E-state index is 12.4. The third-order valence-corrected chi connectivity index (χ3v) is 6.16. The summed E-state index contributed by atoms with van der Waals surface area (Å²) in [5.74, 6) is -0.928. The van der Waals surface area contributed by atoms with Crippen LogP contribution in [0.3, 0.4) is 0 Å². The second-order valence-corrected chi connectivity index (χ2v) is 8.35. The molecule has 2 aliphatic carbocycles. The third-order valence-electron chi connectivity index (χ3n) is 6.16. The van der Waals surface area contributed by atoms with Crippen LogP contribution in [0, 0.1) is 11.8 Å². The first-order valence-corrected chi connectivity index (χ1v) is 11.0. The van der Waals surface area contributed by atoms with Crippen LogP contribution in [0.1, 0.15) is 61.7 Å². The summed E-state index contributed by atoms with van der Waals surface area (Å²) in [5.41, 5.74) is 0.357. The topological polar surface area (TPSA) is 129 Å². The van der Waals surface area contributed by atoms with E-state index >= 15 is 0 Å². The number of hydrogen-bond acceptors (Lipinski definition) is 9. The molecule has 0 radical (unpaired) electrons. The highest BCUT2D eigenvalue weighted by Crippen LogP contribution is 2.31. The van der Waals surface area contributed by atoms with Crippen molar-refractivity contribution in [1.29, 1.82) is 0 Å². The average molecular weight is 450 g/mol. The molecule has 0 spiro atoms. The molecule has 2 fully saturated rings. The fourth-order valence-corrected chi connectivity index (χ4v) is 4.18. The Bertz CT molecular complexity index is 773. The molecular formula is C23H30O9. The number of aliphatic hydroxyl groups excluding tert-OH is 1. The first-order chi connectivity index (χ1) is 15.4. The monoisotopic (exact) mass is 450 g/mol. The van der Waals surface area contributed by atoms with Crippen molar-refractivity contribution in [3.8, 4) is 5.75 Å². The molecule has 0 aliphatic heterocycles. The van der Waals surface area contributed by atoms with Crippen molar-refractivity contribution in [2.75, 3.05) is 7.11 Å². The van der Waals surface area contributed by atoms with Gasteiger partial charge in [0.15, 0.2) is 6.29 Å². The Hall–Kier alpha value is -2.65. The molecule has 2 saturated carbocycles. The molecule has 0 unspecified atom stereocenters. The van der Waals surface area contributed by atoms with Gasteiger partial charge >= 0.3 is 18.1 Å². The Balaban J connectivity index is 1.43. The standard InChI is InChI=1S/C23H30O9/c1-29-23(28)32-19-12-10-18(11-13-19)31-22(27)16-6-8-17(9-7-16)30-21(26)15-4-2-14(3-5-15)20(24)25/h6-9,14-15,18-20,24-25H,2-5,10-13H2,1H3. The number of hydrogen-bond donors (Lipinski definition) is 2. The molecule has 3 rings (SSSR count). The van der Waals surface area contributed by atoms with E-state index in [0.29, 0.717) is 62.7 Å². The number of ether oxygens (including phenoxy) is 4. The molecule has 0 aromatic heterocycles. The maximum Gasteiger partial charge on any atom is 0.508 e. The zero-order valence-corrected chi connectivity index (χ0v) is 18.1. The van der Waals surface area contributed by atoms with Crippen LogP contribution in [0.15, 0.2) is 24.3 Å². The van der Waals surface area contributed by atoms with Crippen molar-refractivity contribution in [2.24, 2.45) is 11.8 Å². The Kier molecular flexibility index (Phi) is 8.46. The van der Waals surface area contributed by atoms with Gasteiger partial charge in [0.2, 0.25) is 0 Å². The smallest absolute Gasteiger partial charge is 0.459 e. The van der Waals surface area contributed by atoms with E-state index in [4.69, 9.17) is 14.2 Å². The van der Waals surface area contributed by atoms with Gasteiger partial charge in [0, 0.05) is 5.92 Å². The van der Waals surface area contributed by atoms with Gasteiger partial charge in [0.1, 0.15) is 18.0 Å². The number of carbonyl (C=O) groups excluding carboxylic acids is 3. The summed E-state index contributed by atoms with van der Waals surface area (Å²) in [6.45, 7) is 0. The normalized spacial score (nSPS) is 25.6. The average Bonchev–Trinajstić information content (AvgIpc) is 2.80. The van der Waals surface area contributed by atoms with Gasteiger partial charge in [-0.05, 0) is 75.6 Å². The molecule has 0 bridgehead atoms. The van der Waals surface area contributed by atoms with E-state index in [-0.39, 0.29) is 30.0 Å².